The number of carbonyl (C=O) groups is 2. The zero-order valence-electron chi connectivity index (χ0n) is 17.9. The Kier molecular flexibility index (Phi) is 12.2. The van der Waals surface area contributed by atoms with Crippen LogP contribution in [-0.2, 0) is 14.3 Å². The van der Waals surface area contributed by atoms with Crippen molar-refractivity contribution in [3.63, 3.8) is 0 Å². The number of carbonyl (C=O) groups excluding carboxylic acids is 2. The van der Waals surface area contributed by atoms with E-state index in [2.05, 4.69) is 39.7 Å². The lowest BCUT2D eigenvalue weighted by molar-refractivity contribution is -0.161. The van der Waals surface area contributed by atoms with Gasteiger partial charge in [0, 0.05) is 17.7 Å². The van der Waals surface area contributed by atoms with Crippen molar-refractivity contribution in [1.82, 2.24) is 0 Å². The molecule has 0 spiro atoms. The van der Waals surface area contributed by atoms with Gasteiger partial charge >= 0.3 is 5.97 Å². The molecule has 1 aliphatic carbocycles. The lowest BCUT2D eigenvalue weighted by Gasteiger charge is -2.21. The average Bonchev–Trinajstić information content (AvgIpc) is 2.98. The molecule has 162 valence electrons. The minimum absolute atomic E-state index is 0.121. The molecule has 0 aromatic carbocycles. The molecule has 1 fully saturated rings. The Hall–Kier alpha value is -0.680. The second-order valence-electron chi connectivity index (χ2n) is 8.41. The van der Waals surface area contributed by atoms with Gasteiger partial charge in [-0.25, -0.2) is 4.79 Å². The van der Waals surface area contributed by atoms with Crippen LogP contribution in [-0.4, -0.2) is 34.9 Å². The standard InChI is InChI=1S/C23H39BrO4/c1-4-5-6-7-8-10-13-19-18(17-24)16-21(25)20(19)14-11-9-12-15-23(2,27)22(26)28-3/h10,13,18-20,27H,4-9,11-12,14-17H2,1-3H3/t18-,19-,20+,23?/m0/s1. The van der Waals surface area contributed by atoms with E-state index < -0.39 is 11.6 Å². The summed E-state index contributed by atoms with van der Waals surface area (Å²) in [6.07, 6.45) is 15.3. The highest BCUT2D eigenvalue weighted by Crippen LogP contribution is 2.39. The van der Waals surface area contributed by atoms with Crippen molar-refractivity contribution in [2.45, 2.75) is 90.1 Å². The Labute approximate surface area is 179 Å². The number of allylic oxidation sites excluding steroid dienone is 2. The van der Waals surface area contributed by atoms with Gasteiger partial charge in [-0.05, 0) is 50.9 Å². The van der Waals surface area contributed by atoms with Crippen LogP contribution in [0.4, 0.5) is 0 Å². The predicted molar refractivity (Wildman–Crippen MR) is 118 cm³/mol. The molecule has 1 N–H and O–H groups in total. The molecule has 1 rings (SSSR count). The molecule has 0 heterocycles. The highest BCUT2D eigenvalue weighted by molar-refractivity contribution is 9.09. The van der Waals surface area contributed by atoms with Crippen LogP contribution in [0, 0.1) is 17.8 Å². The number of ether oxygens (including phenoxy) is 1. The number of methoxy groups -OCH3 is 1. The minimum atomic E-state index is -1.41. The molecule has 4 nitrogen and oxygen atoms in total. The first kappa shape index (κ1) is 25.4. The third-order valence-electron chi connectivity index (χ3n) is 5.97. The van der Waals surface area contributed by atoms with E-state index in [1.807, 2.05) is 0 Å². The Morgan fingerprint density at radius 2 is 1.96 bits per heavy atom. The molecule has 0 bridgehead atoms. The molecule has 1 aliphatic rings. The second-order valence-corrected chi connectivity index (χ2v) is 9.06. The van der Waals surface area contributed by atoms with Crippen molar-refractivity contribution in [2.24, 2.45) is 17.8 Å². The number of hydrogen-bond acceptors (Lipinski definition) is 4. The van der Waals surface area contributed by atoms with Crippen LogP contribution in [0.1, 0.15) is 84.5 Å². The van der Waals surface area contributed by atoms with Crippen molar-refractivity contribution < 1.29 is 19.4 Å². The molecular formula is C23H39BrO4. The number of halogens is 1. The van der Waals surface area contributed by atoms with Gasteiger partial charge in [-0.1, -0.05) is 67.1 Å². The van der Waals surface area contributed by atoms with Gasteiger partial charge in [0.15, 0.2) is 5.60 Å². The molecule has 0 amide bonds. The van der Waals surface area contributed by atoms with Crippen LogP contribution in [0.5, 0.6) is 0 Å². The third kappa shape index (κ3) is 8.36. The number of ketones is 1. The summed E-state index contributed by atoms with van der Waals surface area (Å²) in [7, 11) is 1.29. The second kappa shape index (κ2) is 13.5. The number of Topliss-reactive ketones (excluding diaryl/α,β-unsaturated/α-hetero) is 1. The molecule has 1 unspecified atom stereocenters. The topological polar surface area (TPSA) is 63.6 Å². The van der Waals surface area contributed by atoms with Gasteiger partial charge in [0.05, 0.1) is 7.11 Å². The van der Waals surface area contributed by atoms with E-state index in [0.29, 0.717) is 30.5 Å². The lowest BCUT2D eigenvalue weighted by Crippen LogP contribution is -2.36. The molecule has 0 saturated heterocycles. The summed E-state index contributed by atoms with van der Waals surface area (Å²) < 4.78 is 4.63. The van der Waals surface area contributed by atoms with Gasteiger partial charge in [-0.15, -0.1) is 0 Å². The highest BCUT2D eigenvalue weighted by Gasteiger charge is 2.39. The molecule has 0 aromatic rings. The first-order chi connectivity index (χ1) is 13.4. The van der Waals surface area contributed by atoms with Crippen LogP contribution in [0.25, 0.3) is 0 Å². The van der Waals surface area contributed by atoms with Crippen molar-refractivity contribution in [1.29, 1.82) is 0 Å². The number of aliphatic hydroxyl groups is 1. The van der Waals surface area contributed by atoms with Gasteiger partial charge < -0.3 is 9.84 Å². The fourth-order valence-corrected chi connectivity index (χ4v) is 4.83. The molecule has 1 saturated carbocycles. The quantitative estimate of drug-likeness (QED) is 0.159. The summed E-state index contributed by atoms with van der Waals surface area (Å²) in [5.41, 5.74) is -1.41. The van der Waals surface area contributed by atoms with Gasteiger partial charge in [-0.3, -0.25) is 4.79 Å². The summed E-state index contributed by atoms with van der Waals surface area (Å²) in [5.74, 6) is 0.686. The molecule has 5 heteroatoms. The van der Waals surface area contributed by atoms with E-state index in [4.69, 9.17) is 0 Å². The van der Waals surface area contributed by atoms with Gasteiger partial charge in [0.2, 0.25) is 0 Å². The Morgan fingerprint density at radius 1 is 1.25 bits per heavy atom. The Balaban J connectivity index is 2.44. The van der Waals surface area contributed by atoms with Crippen molar-refractivity contribution in [2.75, 3.05) is 12.4 Å². The zero-order chi connectivity index (χ0) is 21.0. The van der Waals surface area contributed by atoms with Crippen LogP contribution >= 0.6 is 15.9 Å². The molecular weight excluding hydrogens is 420 g/mol. The van der Waals surface area contributed by atoms with E-state index in [-0.39, 0.29) is 5.92 Å². The zero-order valence-corrected chi connectivity index (χ0v) is 19.5. The number of unbranched alkanes of at least 4 members (excludes halogenated alkanes) is 6. The fourth-order valence-electron chi connectivity index (χ4n) is 4.17. The van der Waals surface area contributed by atoms with E-state index in [1.54, 1.807) is 0 Å². The summed E-state index contributed by atoms with van der Waals surface area (Å²) in [6, 6.07) is 0. The maximum Gasteiger partial charge on any atom is 0.337 e. The van der Waals surface area contributed by atoms with E-state index in [1.165, 1.54) is 39.7 Å². The average molecular weight is 459 g/mol. The van der Waals surface area contributed by atoms with Crippen molar-refractivity contribution in [3.8, 4) is 0 Å². The highest BCUT2D eigenvalue weighted by atomic mass is 79.9. The van der Waals surface area contributed by atoms with Gasteiger partial charge in [0.1, 0.15) is 5.78 Å². The Bertz CT molecular complexity index is 501. The van der Waals surface area contributed by atoms with Crippen LogP contribution in [0.15, 0.2) is 12.2 Å². The van der Waals surface area contributed by atoms with Gasteiger partial charge in [-0.2, -0.15) is 0 Å². The van der Waals surface area contributed by atoms with Gasteiger partial charge in [0.25, 0.3) is 0 Å². The predicted octanol–water partition coefficient (Wildman–Crippen LogP) is 5.60. The molecule has 0 radical (unpaired) electrons. The largest absolute Gasteiger partial charge is 0.467 e. The fraction of sp³-hybridized carbons (Fsp3) is 0.826. The summed E-state index contributed by atoms with van der Waals surface area (Å²) in [4.78, 5) is 24.0. The number of rotatable bonds is 14. The molecule has 0 aliphatic heterocycles. The van der Waals surface area contributed by atoms with E-state index in [0.717, 1.165) is 37.4 Å². The maximum atomic E-state index is 12.5. The minimum Gasteiger partial charge on any atom is -0.467 e. The molecule has 28 heavy (non-hydrogen) atoms. The van der Waals surface area contributed by atoms with Crippen LogP contribution in [0.3, 0.4) is 0 Å². The first-order valence-corrected chi connectivity index (χ1v) is 12.1. The van der Waals surface area contributed by atoms with E-state index >= 15 is 0 Å². The number of alkyl halides is 1. The summed E-state index contributed by atoms with van der Waals surface area (Å²) in [5, 5.41) is 11.0. The number of hydrogen-bond donors (Lipinski definition) is 1. The van der Waals surface area contributed by atoms with Crippen molar-refractivity contribution in [3.05, 3.63) is 12.2 Å². The third-order valence-corrected chi connectivity index (χ3v) is 6.80. The smallest absolute Gasteiger partial charge is 0.337 e. The normalized spacial score (nSPS) is 24.6. The summed E-state index contributed by atoms with van der Waals surface area (Å²) >= 11 is 3.59. The Morgan fingerprint density at radius 3 is 2.61 bits per heavy atom. The SMILES string of the molecule is CCCCCCC=C[C@H]1[C@H](CBr)CC(=O)[C@@H]1CCCCCC(C)(O)C(=O)OC. The first-order valence-electron chi connectivity index (χ1n) is 10.9. The van der Waals surface area contributed by atoms with Crippen LogP contribution in [0.2, 0.25) is 0 Å². The molecule has 0 aromatic heterocycles. The van der Waals surface area contributed by atoms with Crippen LogP contribution < -0.4 is 0 Å². The summed E-state index contributed by atoms with van der Waals surface area (Å²) in [6.45, 7) is 3.73. The van der Waals surface area contributed by atoms with Crippen molar-refractivity contribution >= 4 is 27.7 Å². The maximum absolute atomic E-state index is 12.5. The lowest BCUT2D eigenvalue weighted by atomic mass is 9.85. The van der Waals surface area contributed by atoms with E-state index in [9.17, 15) is 14.7 Å². The monoisotopic (exact) mass is 458 g/mol. The number of esters is 1. The molecule has 4 atom stereocenters.